The predicted octanol–water partition coefficient (Wildman–Crippen LogP) is 3.56. The van der Waals surface area contributed by atoms with Crippen LogP contribution in [0.3, 0.4) is 0 Å². The summed E-state index contributed by atoms with van der Waals surface area (Å²) >= 11 is 0. The van der Waals surface area contributed by atoms with Gasteiger partial charge in [-0.1, -0.05) is 25.5 Å². The second-order valence-corrected chi connectivity index (χ2v) is 5.63. The summed E-state index contributed by atoms with van der Waals surface area (Å²) in [5, 5.41) is 20.0. The molecule has 5 heteroatoms. The van der Waals surface area contributed by atoms with Crippen LogP contribution in [0.4, 0.5) is 9.18 Å². The van der Waals surface area contributed by atoms with Crippen molar-refractivity contribution < 1.29 is 19.4 Å². The van der Waals surface area contributed by atoms with E-state index in [1.54, 1.807) is 6.07 Å². The molecule has 0 spiro atoms. The first-order chi connectivity index (χ1) is 10.0. The third-order valence-corrected chi connectivity index (χ3v) is 4.19. The highest BCUT2D eigenvalue weighted by Gasteiger charge is 2.38. The van der Waals surface area contributed by atoms with Crippen LogP contribution in [0.1, 0.15) is 50.7 Å². The van der Waals surface area contributed by atoms with Crippen molar-refractivity contribution in [2.75, 3.05) is 0 Å². The molecule has 1 aliphatic rings. The first kappa shape index (κ1) is 15.8. The van der Waals surface area contributed by atoms with Crippen LogP contribution in [0.15, 0.2) is 24.3 Å². The highest BCUT2D eigenvalue weighted by atomic mass is 19.1. The van der Waals surface area contributed by atoms with E-state index in [1.165, 1.54) is 23.1 Å². The highest BCUT2D eigenvalue weighted by molar-refractivity contribution is 5.66. The highest BCUT2D eigenvalue weighted by Crippen LogP contribution is 2.33. The Kier molecular flexibility index (Phi) is 5.17. The average molecular weight is 295 g/mol. The minimum atomic E-state index is -1.01. The third-order valence-electron chi connectivity index (χ3n) is 4.19. The van der Waals surface area contributed by atoms with Gasteiger partial charge in [0.2, 0.25) is 0 Å². The van der Waals surface area contributed by atoms with Crippen LogP contribution in [0, 0.1) is 5.82 Å². The number of likely N-dealkylation sites (tertiary alicyclic amines) is 1. The molecule has 116 valence electrons. The van der Waals surface area contributed by atoms with Crippen LogP contribution in [0.2, 0.25) is 0 Å². The van der Waals surface area contributed by atoms with Crippen molar-refractivity contribution >= 4 is 6.09 Å². The molecule has 1 unspecified atom stereocenters. The summed E-state index contributed by atoms with van der Waals surface area (Å²) in [4.78, 5) is 13.0. The fraction of sp³-hybridized carbons (Fsp3) is 0.562. The van der Waals surface area contributed by atoms with E-state index in [4.69, 9.17) is 0 Å². The van der Waals surface area contributed by atoms with E-state index in [0.29, 0.717) is 12.0 Å². The Bertz CT molecular complexity index is 492. The number of aliphatic hydroxyl groups excluding tert-OH is 1. The Hall–Kier alpha value is -1.62. The fourth-order valence-electron chi connectivity index (χ4n) is 3.25. The Labute approximate surface area is 124 Å². The molecular formula is C16H22FNO3. The number of carboxylic acid groups (broad SMARTS) is 1. The number of benzene rings is 1. The molecule has 1 aromatic carbocycles. The third kappa shape index (κ3) is 3.53. The quantitative estimate of drug-likeness (QED) is 0.893. The molecule has 1 fully saturated rings. The van der Waals surface area contributed by atoms with Gasteiger partial charge >= 0.3 is 6.09 Å². The van der Waals surface area contributed by atoms with Gasteiger partial charge in [-0.2, -0.15) is 0 Å². The van der Waals surface area contributed by atoms with Gasteiger partial charge in [-0.25, -0.2) is 9.18 Å². The van der Waals surface area contributed by atoms with Gasteiger partial charge in [0.1, 0.15) is 5.82 Å². The molecule has 0 saturated carbocycles. The maximum absolute atomic E-state index is 13.3. The van der Waals surface area contributed by atoms with Crippen LogP contribution in [-0.4, -0.2) is 33.3 Å². The number of hydrogen-bond donors (Lipinski definition) is 2. The van der Waals surface area contributed by atoms with Gasteiger partial charge in [-0.05, 0) is 43.4 Å². The molecule has 1 saturated heterocycles. The summed E-state index contributed by atoms with van der Waals surface area (Å²) in [5.41, 5.74) is 0.434. The van der Waals surface area contributed by atoms with Crippen molar-refractivity contribution in [2.24, 2.45) is 0 Å². The zero-order valence-corrected chi connectivity index (χ0v) is 12.2. The van der Waals surface area contributed by atoms with Gasteiger partial charge in [0.05, 0.1) is 12.1 Å². The number of halogens is 1. The Balaban J connectivity index is 2.24. The second kappa shape index (κ2) is 6.89. The SMILES string of the molecule is CCC[C@H]1CCC[C@H](C(O)c2cccc(F)c2)N1C(=O)O. The van der Waals surface area contributed by atoms with E-state index < -0.39 is 24.1 Å². The molecule has 1 aliphatic heterocycles. The topological polar surface area (TPSA) is 60.8 Å². The Morgan fingerprint density at radius 2 is 2.24 bits per heavy atom. The summed E-state index contributed by atoms with van der Waals surface area (Å²) in [6.07, 6.45) is 2.00. The molecule has 0 aliphatic carbocycles. The van der Waals surface area contributed by atoms with Crippen LogP contribution >= 0.6 is 0 Å². The number of amides is 1. The normalized spacial score (nSPS) is 23.9. The number of nitrogens with zero attached hydrogens (tertiary/aromatic N) is 1. The molecule has 3 atom stereocenters. The molecule has 4 nitrogen and oxygen atoms in total. The van der Waals surface area contributed by atoms with Gasteiger partial charge < -0.3 is 10.2 Å². The summed E-state index contributed by atoms with van der Waals surface area (Å²) < 4.78 is 13.3. The predicted molar refractivity (Wildman–Crippen MR) is 77.6 cm³/mol. The molecule has 0 radical (unpaired) electrons. The number of piperidine rings is 1. The minimum absolute atomic E-state index is 0.0607. The number of rotatable bonds is 4. The lowest BCUT2D eigenvalue weighted by atomic mass is 9.88. The monoisotopic (exact) mass is 295 g/mol. The minimum Gasteiger partial charge on any atom is -0.465 e. The van der Waals surface area contributed by atoms with Crippen LogP contribution in [0.5, 0.6) is 0 Å². The van der Waals surface area contributed by atoms with E-state index in [9.17, 15) is 19.4 Å². The van der Waals surface area contributed by atoms with Crippen molar-refractivity contribution in [3.8, 4) is 0 Å². The average Bonchev–Trinajstić information content (AvgIpc) is 2.46. The van der Waals surface area contributed by atoms with Crippen molar-refractivity contribution in [3.63, 3.8) is 0 Å². The summed E-state index contributed by atoms with van der Waals surface area (Å²) in [5.74, 6) is -0.422. The van der Waals surface area contributed by atoms with E-state index in [-0.39, 0.29) is 6.04 Å². The zero-order chi connectivity index (χ0) is 15.4. The van der Waals surface area contributed by atoms with Gasteiger partial charge in [-0.3, -0.25) is 4.90 Å². The summed E-state index contributed by atoms with van der Waals surface area (Å²) in [6, 6.07) is 5.19. The summed E-state index contributed by atoms with van der Waals surface area (Å²) in [6.45, 7) is 2.02. The van der Waals surface area contributed by atoms with E-state index in [1.807, 2.05) is 6.92 Å². The van der Waals surface area contributed by atoms with Crippen molar-refractivity contribution in [3.05, 3.63) is 35.6 Å². The largest absolute Gasteiger partial charge is 0.465 e. The maximum Gasteiger partial charge on any atom is 0.407 e. The molecule has 1 aromatic rings. The van der Waals surface area contributed by atoms with Crippen molar-refractivity contribution in [2.45, 2.75) is 57.2 Å². The molecule has 2 N–H and O–H groups in total. The van der Waals surface area contributed by atoms with Gasteiger partial charge in [-0.15, -0.1) is 0 Å². The maximum atomic E-state index is 13.3. The standard InChI is InChI=1S/C16H22FNO3/c1-2-5-13-8-4-9-14(18(13)16(20)21)15(19)11-6-3-7-12(17)10-11/h3,6-7,10,13-15,19H,2,4-5,8-9H2,1H3,(H,20,21)/t13-,14+,15?/m0/s1. The Morgan fingerprint density at radius 1 is 1.48 bits per heavy atom. The second-order valence-electron chi connectivity index (χ2n) is 5.63. The van der Waals surface area contributed by atoms with E-state index in [0.717, 1.165) is 25.7 Å². The lowest BCUT2D eigenvalue weighted by Gasteiger charge is -2.42. The Morgan fingerprint density at radius 3 is 2.86 bits per heavy atom. The van der Waals surface area contributed by atoms with Gasteiger partial charge in [0.15, 0.2) is 0 Å². The van der Waals surface area contributed by atoms with Gasteiger partial charge in [0.25, 0.3) is 0 Å². The zero-order valence-electron chi connectivity index (χ0n) is 12.2. The summed E-state index contributed by atoms with van der Waals surface area (Å²) in [7, 11) is 0. The van der Waals surface area contributed by atoms with E-state index in [2.05, 4.69) is 0 Å². The molecule has 1 heterocycles. The van der Waals surface area contributed by atoms with Crippen molar-refractivity contribution in [1.82, 2.24) is 4.90 Å². The van der Waals surface area contributed by atoms with Crippen LogP contribution in [-0.2, 0) is 0 Å². The molecule has 1 amide bonds. The molecule has 0 aromatic heterocycles. The number of aliphatic hydroxyl groups is 1. The van der Waals surface area contributed by atoms with Gasteiger partial charge in [0, 0.05) is 6.04 Å². The van der Waals surface area contributed by atoms with Crippen LogP contribution < -0.4 is 0 Å². The van der Waals surface area contributed by atoms with Crippen molar-refractivity contribution in [1.29, 1.82) is 0 Å². The molecule has 0 bridgehead atoms. The number of hydrogen-bond acceptors (Lipinski definition) is 2. The fourth-order valence-corrected chi connectivity index (χ4v) is 3.25. The number of carbonyl (C=O) groups is 1. The molecular weight excluding hydrogens is 273 g/mol. The lowest BCUT2D eigenvalue weighted by Crippen LogP contribution is -2.51. The molecule has 2 rings (SSSR count). The van der Waals surface area contributed by atoms with E-state index >= 15 is 0 Å². The van der Waals surface area contributed by atoms with Crippen LogP contribution in [0.25, 0.3) is 0 Å². The smallest absolute Gasteiger partial charge is 0.407 e. The first-order valence-corrected chi connectivity index (χ1v) is 7.49. The molecule has 21 heavy (non-hydrogen) atoms. The lowest BCUT2D eigenvalue weighted by molar-refractivity contribution is 0.000219. The first-order valence-electron chi connectivity index (χ1n) is 7.49.